The Morgan fingerprint density at radius 2 is 1.19 bits per heavy atom. The van der Waals surface area contributed by atoms with Crippen LogP contribution in [0.1, 0.15) is 57.3 Å². The van der Waals surface area contributed by atoms with Crippen molar-refractivity contribution in [2.45, 2.75) is 31.5 Å². The molecule has 0 amide bonds. The summed E-state index contributed by atoms with van der Waals surface area (Å²) in [6, 6.07) is 55.2. The van der Waals surface area contributed by atoms with Crippen molar-refractivity contribution in [2.24, 2.45) is 0 Å². The maximum atomic E-state index is 8.93. The van der Waals surface area contributed by atoms with Gasteiger partial charge in [-0.3, -0.25) is 15.0 Å². The smallest absolute Gasteiger partial charge is 0.300 e. The Morgan fingerprint density at radius 1 is 0.604 bits per heavy atom. The van der Waals surface area contributed by atoms with Crippen LogP contribution in [0, 0.1) is 25.1 Å². The van der Waals surface area contributed by atoms with Gasteiger partial charge in [-0.25, -0.2) is 0 Å². The zero-order chi connectivity index (χ0) is 34.8. The molecule has 48 heavy (non-hydrogen) atoms. The molecule has 0 aliphatic heterocycles. The minimum absolute atomic E-state index is 0. The van der Waals surface area contributed by atoms with Crippen LogP contribution in [0.3, 0.4) is 0 Å². The summed E-state index contributed by atoms with van der Waals surface area (Å²) >= 11 is 0. The van der Waals surface area contributed by atoms with Crippen molar-refractivity contribution in [1.82, 2.24) is 15.0 Å². The van der Waals surface area contributed by atoms with E-state index in [2.05, 4.69) is 31.2 Å². The van der Waals surface area contributed by atoms with Gasteiger partial charge in [0.25, 0.3) is 0 Å². The van der Waals surface area contributed by atoms with E-state index in [1.54, 1.807) is 12.4 Å². The van der Waals surface area contributed by atoms with Gasteiger partial charge in [-0.05, 0) is 67.3 Å². The molecular formula is C44H34IrN3. The van der Waals surface area contributed by atoms with E-state index in [-0.39, 0.29) is 25.7 Å². The van der Waals surface area contributed by atoms with Gasteiger partial charge in [-0.1, -0.05) is 48.5 Å². The van der Waals surface area contributed by atoms with E-state index in [9.17, 15) is 0 Å². The summed E-state index contributed by atoms with van der Waals surface area (Å²) in [5.41, 5.74) is 5.56. The molecule has 1 unspecified atom stereocenters. The Kier molecular flexibility index (Phi) is 8.50. The molecule has 0 N–H and O–H groups in total. The molecule has 0 spiro atoms. The van der Waals surface area contributed by atoms with Gasteiger partial charge in [0.2, 0.25) is 0 Å². The van der Waals surface area contributed by atoms with Gasteiger partial charge in [-0.2, -0.15) is 60.7 Å². The second-order valence-electron chi connectivity index (χ2n) is 11.9. The molecule has 4 heteroatoms. The van der Waals surface area contributed by atoms with Crippen LogP contribution < -0.4 is 0 Å². The standard InChI is InChI=1S/C44H34N3.Ir/c1-32-38(33-18-7-4-8-19-33)31-39(47-42(32)44(3,36-23-11-6-12-24-36)41-27-14-16-29-46-41)34-20-17-25-37(30-34)43(2,35-21-9-5-10-22-35)40-26-13-15-28-45-40;/h4-21,23,25-29,31H,1-3H3;/q-3;+3/t43?,44-;/m1./s1/i1D3;. The first-order valence-corrected chi connectivity index (χ1v) is 15.6. The molecule has 7 rings (SSSR count). The summed E-state index contributed by atoms with van der Waals surface area (Å²) < 4.78 is 26.8. The van der Waals surface area contributed by atoms with Crippen LogP contribution in [-0.4, -0.2) is 15.0 Å². The molecule has 234 valence electrons. The summed E-state index contributed by atoms with van der Waals surface area (Å²) in [7, 11) is 0. The van der Waals surface area contributed by atoms with Gasteiger partial charge in [-0.15, -0.1) is 46.5 Å². The Hall–Kier alpha value is -5.02. The average Bonchev–Trinajstić information content (AvgIpc) is 3.18. The summed E-state index contributed by atoms with van der Waals surface area (Å²) in [5.74, 6) is 0. The fourth-order valence-corrected chi connectivity index (χ4v) is 6.33. The van der Waals surface area contributed by atoms with Crippen LogP contribution in [0.25, 0.3) is 22.4 Å². The quantitative estimate of drug-likeness (QED) is 0.144. The maximum Gasteiger partial charge on any atom is 3.00 e. The minimum Gasteiger partial charge on any atom is -0.300 e. The number of nitrogens with zero attached hydrogens (tertiary/aromatic N) is 3. The summed E-state index contributed by atoms with van der Waals surface area (Å²) in [6.07, 6.45) is 3.52. The van der Waals surface area contributed by atoms with Gasteiger partial charge in [0, 0.05) is 27.6 Å². The molecule has 0 saturated carbocycles. The Labute approximate surface area is 301 Å². The van der Waals surface area contributed by atoms with Crippen LogP contribution in [0.15, 0.2) is 152 Å². The zero-order valence-electron chi connectivity index (χ0n) is 29.6. The van der Waals surface area contributed by atoms with Crippen molar-refractivity contribution >= 4 is 0 Å². The maximum absolute atomic E-state index is 8.93. The number of hydrogen-bond donors (Lipinski definition) is 0. The van der Waals surface area contributed by atoms with Crippen molar-refractivity contribution in [3.05, 3.63) is 209 Å². The third kappa shape index (κ3) is 5.94. The molecule has 0 aliphatic rings. The molecule has 0 aliphatic carbocycles. The van der Waals surface area contributed by atoms with Gasteiger partial charge in [0.1, 0.15) is 0 Å². The SMILES string of the molecule is [2H]C([2H])([2H])c1c(-c2ccccc2)cc(-c2[c-]c(C(C)(c3[c-]cccc3)c3ccccn3)ccc2)nc1[C@](C)(c1[c-]cccc1)c1ccccn1.[Ir+3]. The monoisotopic (exact) mass is 800 g/mol. The van der Waals surface area contributed by atoms with E-state index in [1.807, 2.05) is 140 Å². The van der Waals surface area contributed by atoms with E-state index in [4.69, 9.17) is 19.1 Å². The molecule has 4 aromatic carbocycles. The van der Waals surface area contributed by atoms with E-state index in [0.29, 0.717) is 22.6 Å². The van der Waals surface area contributed by atoms with Gasteiger partial charge in [0.05, 0.1) is 16.8 Å². The first kappa shape index (κ1) is 29.1. The molecule has 0 fully saturated rings. The zero-order valence-corrected chi connectivity index (χ0v) is 29.0. The van der Waals surface area contributed by atoms with Crippen LogP contribution in [0.2, 0.25) is 0 Å². The average molecular weight is 800 g/mol. The normalized spacial score (nSPS) is 14.7. The second-order valence-corrected chi connectivity index (χ2v) is 11.9. The number of benzene rings is 4. The number of aromatic nitrogens is 3. The first-order chi connectivity index (χ1) is 24.2. The van der Waals surface area contributed by atoms with Crippen LogP contribution in [0.4, 0.5) is 0 Å². The van der Waals surface area contributed by atoms with Gasteiger partial charge < -0.3 is 0 Å². The van der Waals surface area contributed by atoms with Gasteiger partial charge in [0.15, 0.2) is 0 Å². The number of hydrogen-bond acceptors (Lipinski definition) is 3. The predicted molar refractivity (Wildman–Crippen MR) is 189 cm³/mol. The third-order valence-corrected chi connectivity index (χ3v) is 9.04. The van der Waals surface area contributed by atoms with Crippen molar-refractivity contribution < 1.29 is 24.2 Å². The van der Waals surface area contributed by atoms with Crippen LogP contribution in [-0.2, 0) is 30.9 Å². The molecule has 0 radical (unpaired) electrons. The summed E-state index contributed by atoms with van der Waals surface area (Å²) in [6.45, 7) is 1.61. The Balaban J connectivity index is 0.00000448. The van der Waals surface area contributed by atoms with Crippen molar-refractivity contribution in [3.63, 3.8) is 0 Å². The second kappa shape index (κ2) is 14.0. The van der Waals surface area contributed by atoms with Crippen molar-refractivity contribution in [3.8, 4) is 22.4 Å². The molecular weight excluding hydrogens is 763 g/mol. The predicted octanol–water partition coefficient (Wildman–Crippen LogP) is 9.62. The van der Waals surface area contributed by atoms with Crippen LogP contribution >= 0.6 is 0 Å². The Bertz CT molecular complexity index is 2130. The van der Waals surface area contributed by atoms with E-state index >= 15 is 0 Å². The molecule has 7 aromatic rings. The molecule has 3 nitrogen and oxygen atoms in total. The van der Waals surface area contributed by atoms with E-state index < -0.39 is 17.7 Å². The summed E-state index contributed by atoms with van der Waals surface area (Å²) in [4.78, 5) is 14.9. The number of pyridine rings is 3. The molecule has 2 atom stereocenters. The van der Waals surface area contributed by atoms with E-state index in [1.165, 1.54) is 0 Å². The fraction of sp³-hybridized carbons (Fsp3) is 0.114. The van der Waals surface area contributed by atoms with Crippen molar-refractivity contribution in [2.75, 3.05) is 0 Å². The topological polar surface area (TPSA) is 38.7 Å². The van der Waals surface area contributed by atoms with Gasteiger partial charge >= 0.3 is 20.1 Å². The molecule has 0 saturated heterocycles. The van der Waals surface area contributed by atoms with Crippen molar-refractivity contribution in [1.29, 1.82) is 0 Å². The third-order valence-electron chi connectivity index (χ3n) is 9.04. The first-order valence-electron chi connectivity index (χ1n) is 17.1. The van der Waals surface area contributed by atoms with Crippen LogP contribution in [0.5, 0.6) is 0 Å². The van der Waals surface area contributed by atoms with E-state index in [0.717, 1.165) is 33.5 Å². The summed E-state index contributed by atoms with van der Waals surface area (Å²) in [5, 5.41) is 0. The fourth-order valence-electron chi connectivity index (χ4n) is 6.33. The Morgan fingerprint density at radius 3 is 1.77 bits per heavy atom. The molecule has 3 aromatic heterocycles. The number of rotatable bonds is 8. The largest absolute Gasteiger partial charge is 3.00 e. The molecule has 3 heterocycles. The molecule has 0 bridgehead atoms. The minimum atomic E-state index is -2.51.